The van der Waals surface area contributed by atoms with E-state index in [9.17, 15) is 4.79 Å². The van der Waals surface area contributed by atoms with Gasteiger partial charge in [-0.15, -0.1) is 10.2 Å². The van der Waals surface area contributed by atoms with Crippen LogP contribution in [0.4, 0.5) is 0 Å². The van der Waals surface area contributed by atoms with Crippen molar-refractivity contribution in [3.05, 3.63) is 71.0 Å². The first-order valence-corrected chi connectivity index (χ1v) is 10.4. The van der Waals surface area contributed by atoms with Gasteiger partial charge in [0.15, 0.2) is 5.16 Å². The van der Waals surface area contributed by atoms with E-state index in [0.717, 1.165) is 22.2 Å². The number of aryl methyl sites for hydroxylation is 1. The fourth-order valence-electron chi connectivity index (χ4n) is 2.94. The third kappa shape index (κ3) is 4.60. The summed E-state index contributed by atoms with van der Waals surface area (Å²) in [5.41, 5.74) is 7.07. The Kier molecular flexibility index (Phi) is 5.82. The molecule has 0 aliphatic rings. The van der Waals surface area contributed by atoms with Crippen molar-refractivity contribution in [1.82, 2.24) is 19.7 Å². The van der Waals surface area contributed by atoms with E-state index in [-0.39, 0.29) is 12.3 Å². The van der Waals surface area contributed by atoms with Crippen LogP contribution in [0.25, 0.3) is 10.9 Å². The molecule has 148 valence electrons. The Morgan fingerprint density at radius 3 is 2.86 bits per heavy atom. The monoisotopic (exact) mass is 427 g/mol. The van der Waals surface area contributed by atoms with Crippen LogP contribution in [0.3, 0.4) is 0 Å². The zero-order chi connectivity index (χ0) is 20.2. The van der Waals surface area contributed by atoms with E-state index in [1.807, 2.05) is 47.0 Å². The summed E-state index contributed by atoms with van der Waals surface area (Å²) in [5.74, 6) is 1.67. The molecule has 0 saturated carbocycles. The number of rotatable bonds is 8. The van der Waals surface area contributed by atoms with Crippen LogP contribution >= 0.6 is 23.4 Å². The number of nitrogens with two attached hydrogens (primary N) is 1. The number of carbonyl (C=O) groups excluding carboxylic acids is 1. The smallest absolute Gasteiger partial charge is 0.217 e. The Hall–Kier alpha value is -2.84. The second-order valence-corrected chi connectivity index (χ2v) is 7.75. The molecule has 0 bridgehead atoms. The van der Waals surface area contributed by atoms with Gasteiger partial charge in [0.25, 0.3) is 0 Å². The molecule has 0 spiro atoms. The first-order chi connectivity index (χ1) is 14.1. The second kappa shape index (κ2) is 8.67. The van der Waals surface area contributed by atoms with Gasteiger partial charge < -0.3 is 10.2 Å². The van der Waals surface area contributed by atoms with Crippen molar-refractivity contribution in [2.24, 2.45) is 5.73 Å². The first-order valence-electron chi connectivity index (χ1n) is 9.00. The van der Waals surface area contributed by atoms with E-state index >= 15 is 0 Å². The highest BCUT2D eigenvalue weighted by Gasteiger charge is 2.16. The summed E-state index contributed by atoms with van der Waals surface area (Å²) in [6, 6.07) is 13.6. The number of pyridine rings is 1. The van der Waals surface area contributed by atoms with E-state index < -0.39 is 0 Å². The predicted octanol–water partition coefficient (Wildman–Crippen LogP) is 3.83. The maximum absolute atomic E-state index is 11.2. The molecule has 4 rings (SSSR count). The number of benzene rings is 1. The molecule has 1 amide bonds. The Bertz CT molecular complexity index is 1140. The Morgan fingerprint density at radius 2 is 2.07 bits per heavy atom. The molecule has 0 unspecified atom stereocenters. The average molecular weight is 428 g/mol. The molecule has 0 saturated heterocycles. The number of halogens is 1. The number of hydrogen-bond acceptors (Lipinski definition) is 6. The van der Waals surface area contributed by atoms with Crippen molar-refractivity contribution in [1.29, 1.82) is 0 Å². The van der Waals surface area contributed by atoms with Crippen LogP contribution in [0, 0.1) is 0 Å². The lowest BCUT2D eigenvalue weighted by molar-refractivity contribution is -0.118. The summed E-state index contributed by atoms with van der Waals surface area (Å²) in [7, 11) is 0. The number of thioether (sulfide) groups is 1. The number of aromatic nitrogens is 4. The van der Waals surface area contributed by atoms with Crippen LogP contribution in [0.2, 0.25) is 5.15 Å². The molecule has 0 radical (unpaired) electrons. The first kappa shape index (κ1) is 19.5. The molecular formula is C20H18ClN5O2S. The van der Waals surface area contributed by atoms with Crippen LogP contribution in [-0.4, -0.2) is 25.7 Å². The second-order valence-electron chi connectivity index (χ2n) is 6.45. The molecule has 29 heavy (non-hydrogen) atoms. The van der Waals surface area contributed by atoms with Crippen molar-refractivity contribution in [3.63, 3.8) is 0 Å². The zero-order valence-electron chi connectivity index (χ0n) is 15.4. The Balaban J connectivity index is 1.57. The number of para-hydroxylation sites is 1. The number of fused-ring (bicyclic) bond motifs is 1. The van der Waals surface area contributed by atoms with Crippen LogP contribution in [0.1, 0.15) is 23.6 Å². The highest BCUT2D eigenvalue weighted by atomic mass is 35.5. The van der Waals surface area contributed by atoms with Gasteiger partial charge in [-0.1, -0.05) is 41.6 Å². The lowest BCUT2D eigenvalue weighted by atomic mass is 10.2. The van der Waals surface area contributed by atoms with Crippen molar-refractivity contribution in [2.45, 2.75) is 30.3 Å². The lowest BCUT2D eigenvalue weighted by Crippen LogP contribution is -2.14. The van der Waals surface area contributed by atoms with E-state index in [1.54, 1.807) is 6.26 Å². The van der Waals surface area contributed by atoms with Gasteiger partial charge in [0.2, 0.25) is 5.91 Å². The minimum absolute atomic E-state index is 0.210. The van der Waals surface area contributed by atoms with Gasteiger partial charge >= 0.3 is 0 Å². The molecular weight excluding hydrogens is 410 g/mol. The van der Waals surface area contributed by atoms with Crippen molar-refractivity contribution in [2.75, 3.05) is 0 Å². The average Bonchev–Trinajstić information content (AvgIpc) is 3.35. The molecule has 7 nitrogen and oxygen atoms in total. The van der Waals surface area contributed by atoms with Crippen LogP contribution in [-0.2, 0) is 23.5 Å². The largest absolute Gasteiger partial charge is 0.467 e. The lowest BCUT2D eigenvalue weighted by Gasteiger charge is -2.09. The van der Waals surface area contributed by atoms with Gasteiger partial charge in [0.1, 0.15) is 16.7 Å². The molecule has 0 atom stereocenters. The number of hydrogen-bond donors (Lipinski definition) is 1. The third-order valence-electron chi connectivity index (χ3n) is 4.39. The van der Waals surface area contributed by atoms with E-state index in [4.69, 9.17) is 21.8 Å². The van der Waals surface area contributed by atoms with Crippen molar-refractivity contribution in [3.8, 4) is 0 Å². The van der Waals surface area contributed by atoms with Crippen LogP contribution in [0.5, 0.6) is 0 Å². The van der Waals surface area contributed by atoms with Crippen molar-refractivity contribution < 1.29 is 9.21 Å². The minimum atomic E-state index is -0.374. The molecule has 0 aliphatic heterocycles. The van der Waals surface area contributed by atoms with E-state index in [2.05, 4.69) is 15.2 Å². The molecule has 1 aromatic carbocycles. The summed E-state index contributed by atoms with van der Waals surface area (Å²) in [6.45, 7) is 0.472. The van der Waals surface area contributed by atoms with E-state index in [0.29, 0.717) is 34.9 Å². The van der Waals surface area contributed by atoms with Gasteiger partial charge in [0.05, 0.1) is 18.3 Å². The molecule has 4 aromatic rings. The number of primary amides is 1. The van der Waals surface area contributed by atoms with Gasteiger partial charge in [-0.2, -0.15) is 0 Å². The van der Waals surface area contributed by atoms with Crippen molar-refractivity contribution >= 4 is 40.2 Å². The van der Waals surface area contributed by atoms with Crippen LogP contribution in [0.15, 0.2) is 58.3 Å². The molecule has 2 N–H and O–H groups in total. The molecule has 0 aliphatic carbocycles. The summed E-state index contributed by atoms with van der Waals surface area (Å²) in [4.78, 5) is 15.7. The molecule has 3 heterocycles. The number of furan rings is 1. The summed E-state index contributed by atoms with van der Waals surface area (Å²) in [5, 5.41) is 10.8. The number of carbonyl (C=O) groups is 1. The Labute approximate surface area is 176 Å². The quantitative estimate of drug-likeness (QED) is 0.339. The summed E-state index contributed by atoms with van der Waals surface area (Å²) in [6.07, 6.45) is 2.25. The molecule has 0 fully saturated rings. The van der Waals surface area contributed by atoms with Gasteiger partial charge in [-0.3, -0.25) is 9.36 Å². The number of nitrogens with zero attached hydrogens (tertiary/aromatic N) is 4. The summed E-state index contributed by atoms with van der Waals surface area (Å²) >= 11 is 7.89. The highest BCUT2D eigenvalue weighted by molar-refractivity contribution is 7.98. The minimum Gasteiger partial charge on any atom is -0.467 e. The molecule has 3 aromatic heterocycles. The maximum Gasteiger partial charge on any atom is 0.217 e. The standard InChI is InChI=1S/C20H18ClN5O2S/c21-19-14(10-13-4-1-2-6-16(13)23-19)12-29-20-25-24-18(8-7-17(22)27)26(20)11-15-5-3-9-28-15/h1-6,9-10H,7-8,11-12H2,(H2,22,27). The number of amides is 1. The SMILES string of the molecule is NC(=O)CCc1nnc(SCc2cc3ccccc3nc2Cl)n1Cc1ccco1. The maximum atomic E-state index is 11.2. The zero-order valence-corrected chi connectivity index (χ0v) is 17.0. The summed E-state index contributed by atoms with van der Waals surface area (Å²) < 4.78 is 7.40. The van der Waals surface area contributed by atoms with E-state index in [1.165, 1.54) is 11.8 Å². The highest BCUT2D eigenvalue weighted by Crippen LogP contribution is 2.28. The molecule has 9 heteroatoms. The normalized spacial score (nSPS) is 11.2. The van der Waals surface area contributed by atoms with Gasteiger partial charge in [-0.05, 0) is 24.3 Å². The van der Waals surface area contributed by atoms with Gasteiger partial charge in [0, 0.05) is 29.5 Å². The van der Waals surface area contributed by atoms with Crippen LogP contribution < -0.4 is 5.73 Å². The fraction of sp³-hybridized carbons (Fsp3) is 0.200. The Morgan fingerprint density at radius 1 is 1.21 bits per heavy atom. The topological polar surface area (TPSA) is 99.8 Å². The predicted molar refractivity (Wildman–Crippen MR) is 112 cm³/mol. The van der Waals surface area contributed by atoms with Gasteiger partial charge in [-0.25, -0.2) is 4.98 Å². The fourth-order valence-corrected chi connectivity index (χ4v) is 4.16. The third-order valence-corrected chi connectivity index (χ3v) is 5.73.